The summed E-state index contributed by atoms with van der Waals surface area (Å²) in [5.41, 5.74) is -0.343. The van der Waals surface area contributed by atoms with Crippen molar-refractivity contribution in [1.82, 2.24) is 0 Å². The van der Waals surface area contributed by atoms with E-state index in [1.807, 2.05) is 30.3 Å². The van der Waals surface area contributed by atoms with Crippen LogP contribution in [0.25, 0.3) is 0 Å². The van der Waals surface area contributed by atoms with Gasteiger partial charge in [0.1, 0.15) is 0 Å². The van der Waals surface area contributed by atoms with Crippen molar-refractivity contribution in [3.05, 3.63) is 48.6 Å². The van der Waals surface area contributed by atoms with E-state index in [0.717, 1.165) is 5.56 Å². The van der Waals surface area contributed by atoms with Crippen molar-refractivity contribution in [1.29, 1.82) is 0 Å². The van der Waals surface area contributed by atoms with Crippen molar-refractivity contribution in [2.45, 2.75) is 25.0 Å². The van der Waals surface area contributed by atoms with Crippen LogP contribution in [0.5, 0.6) is 0 Å². The van der Waals surface area contributed by atoms with Gasteiger partial charge in [-0.1, -0.05) is 43.0 Å². The van der Waals surface area contributed by atoms with E-state index in [4.69, 9.17) is 6.58 Å². The number of rotatable bonds is 4. The second-order valence-electron chi connectivity index (χ2n) is 3.65. The van der Waals surface area contributed by atoms with E-state index in [2.05, 4.69) is 0 Å². The van der Waals surface area contributed by atoms with Gasteiger partial charge in [-0.15, -0.1) is 0 Å². The molecular weight excluding hydrogens is 176 g/mol. The minimum Gasteiger partial charge on any atom is -0.388 e. The van der Waals surface area contributed by atoms with E-state index < -0.39 is 11.7 Å². The van der Waals surface area contributed by atoms with Crippen LogP contribution in [-0.2, 0) is 0 Å². The van der Waals surface area contributed by atoms with Crippen LogP contribution in [0.15, 0.2) is 36.4 Å². The van der Waals surface area contributed by atoms with Crippen LogP contribution in [0.2, 0.25) is 0 Å². The lowest BCUT2D eigenvalue weighted by Crippen LogP contribution is -2.23. The molecule has 1 radical (unpaired) electrons. The van der Waals surface area contributed by atoms with Crippen LogP contribution in [0.1, 0.15) is 25.0 Å². The maximum Gasteiger partial charge on any atom is 0.0830 e. The van der Waals surface area contributed by atoms with Crippen molar-refractivity contribution < 1.29 is 10.2 Å². The molecule has 0 heterocycles. The summed E-state index contributed by atoms with van der Waals surface area (Å²) in [6.07, 6.45) is 0.707. The molecule has 0 amide bonds. The average Bonchev–Trinajstić information content (AvgIpc) is 2.19. The lowest BCUT2D eigenvalue weighted by Gasteiger charge is -2.22. The first-order valence-electron chi connectivity index (χ1n) is 4.56. The smallest absolute Gasteiger partial charge is 0.0830 e. The molecule has 2 atom stereocenters. The topological polar surface area (TPSA) is 40.5 Å². The second kappa shape index (κ2) is 4.40. The number of aliphatic hydroxyl groups excluding tert-OH is 1. The minimum absolute atomic E-state index is 0.202. The van der Waals surface area contributed by atoms with E-state index in [-0.39, 0.29) is 6.42 Å². The first-order valence-corrected chi connectivity index (χ1v) is 4.56. The van der Waals surface area contributed by atoms with Gasteiger partial charge in [0.25, 0.3) is 0 Å². The van der Waals surface area contributed by atoms with Crippen molar-refractivity contribution in [3.8, 4) is 0 Å². The fraction of sp³-hybridized carbons (Fsp3) is 0.333. The Balaban J connectivity index is 2.68. The lowest BCUT2D eigenvalue weighted by atomic mass is 9.95. The average molecular weight is 191 g/mol. The molecule has 1 rings (SSSR count). The van der Waals surface area contributed by atoms with Crippen LogP contribution in [0.3, 0.4) is 0 Å². The summed E-state index contributed by atoms with van der Waals surface area (Å²) in [5, 5.41) is 19.4. The molecule has 14 heavy (non-hydrogen) atoms. The Morgan fingerprint density at radius 3 is 2.50 bits per heavy atom. The van der Waals surface area contributed by atoms with Gasteiger partial charge in [-0.2, -0.15) is 0 Å². The fourth-order valence-electron chi connectivity index (χ4n) is 1.25. The predicted octanol–water partition coefficient (Wildman–Crippen LogP) is 1.85. The highest BCUT2D eigenvalue weighted by atomic mass is 16.3. The van der Waals surface area contributed by atoms with E-state index >= 15 is 0 Å². The van der Waals surface area contributed by atoms with Crippen molar-refractivity contribution in [2.24, 2.45) is 0 Å². The van der Waals surface area contributed by atoms with Crippen molar-refractivity contribution in [3.63, 3.8) is 0 Å². The highest BCUT2D eigenvalue weighted by Gasteiger charge is 2.21. The quantitative estimate of drug-likeness (QED) is 0.762. The molecular formula is C12H15O2. The Morgan fingerprint density at radius 2 is 2.00 bits per heavy atom. The molecule has 0 bridgehead atoms. The zero-order chi connectivity index (χ0) is 10.6. The molecule has 75 valence electrons. The summed E-state index contributed by atoms with van der Waals surface area (Å²) in [5.74, 6) is 0. The zero-order valence-corrected chi connectivity index (χ0v) is 8.22. The van der Waals surface area contributed by atoms with E-state index in [9.17, 15) is 10.2 Å². The normalized spacial score (nSPS) is 17.1. The molecule has 0 saturated heterocycles. The van der Waals surface area contributed by atoms with Gasteiger partial charge in [-0.25, -0.2) is 0 Å². The Hall–Kier alpha value is -1.12. The summed E-state index contributed by atoms with van der Waals surface area (Å²) in [6, 6.07) is 9.21. The third-order valence-corrected chi connectivity index (χ3v) is 2.15. The maximum atomic E-state index is 9.75. The number of aliphatic hydroxyl groups is 2. The monoisotopic (exact) mass is 191 g/mol. The van der Waals surface area contributed by atoms with Gasteiger partial charge >= 0.3 is 0 Å². The Kier molecular flexibility index (Phi) is 3.44. The third-order valence-electron chi connectivity index (χ3n) is 2.15. The highest BCUT2D eigenvalue weighted by molar-refractivity contribution is 5.18. The summed E-state index contributed by atoms with van der Waals surface area (Å²) in [4.78, 5) is 0. The van der Waals surface area contributed by atoms with Crippen LogP contribution < -0.4 is 0 Å². The van der Waals surface area contributed by atoms with Gasteiger partial charge in [0.15, 0.2) is 0 Å². The standard InChI is InChI=1S/C12H15O2/c1-3-12(2,14)9-11(13)10-7-5-4-6-8-10/h1,3-8,11,13-14H,9H2,2H3/t11-,12-/m0/s1. The molecule has 1 aromatic rings. The third kappa shape index (κ3) is 2.98. The summed E-state index contributed by atoms with van der Waals surface area (Å²) >= 11 is 0. The number of hydrogen-bond acceptors (Lipinski definition) is 2. The van der Waals surface area contributed by atoms with E-state index in [0.29, 0.717) is 0 Å². The molecule has 2 heteroatoms. The second-order valence-corrected chi connectivity index (χ2v) is 3.65. The molecule has 1 aromatic carbocycles. The molecule has 0 aliphatic heterocycles. The van der Waals surface area contributed by atoms with Gasteiger partial charge in [-0.05, 0) is 12.5 Å². The number of benzene rings is 1. The van der Waals surface area contributed by atoms with Crippen LogP contribution in [0.4, 0.5) is 0 Å². The molecule has 0 spiro atoms. The molecule has 2 N–H and O–H groups in total. The minimum atomic E-state index is -1.13. The summed E-state index contributed by atoms with van der Waals surface area (Å²) in [7, 11) is 0. The first-order chi connectivity index (χ1) is 6.55. The van der Waals surface area contributed by atoms with Crippen molar-refractivity contribution in [2.75, 3.05) is 0 Å². The molecule has 0 saturated carbocycles. The highest BCUT2D eigenvalue weighted by Crippen LogP contribution is 2.23. The summed E-state index contributed by atoms with van der Waals surface area (Å²) < 4.78 is 0. The van der Waals surface area contributed by atoms with Crippen LogP contribution >= 0.6 is 0 Å². The number of hydrogen-bond donors (Lipinski definition) is 2. The maximum absolute atomic E-state index is 9.75. The molecule has 0 unspecified atom stereocenters. The predicted molar refractivity (Wildman–Crippen MR) is 55.5 cm³/mol. The molecule has 0 aliphatic carbocycles. The SMILES string of the molecule is [CH]=C[C@](C)(O)C[C@H](O)c1ccccc1. The Labute approximate surface area is 84.5 Å². The molecule has 0 aliphatic rings. The van der Waals surface area contributed by atoms with Gasteiger partial charge in [0.2, 0.25) is 0 Å². The fourth-order valence-corrected chi connectivity index (χ4v) is 1.25. The van der Waals surface area contributed by atoms with Crippen LogP contribution in [0, 0.1) is 6.58 Å². The molecule has 0 aromatic heterocycles. The summed E-state index contributed by atoms with van der Waals surface area (Å²) in [6.45, 7) is 6.82. The van der Waals surface area contributed by atoms with E-state index in [1.54, 1.807) is 6.92 Å². The largest absolute Gasteiger partial charge is 0.388 e. The van der Waals surface area contributed by atoms with E-state index in [1.165, 1.54) is 6.08 Å². The first kappa shape index (κ1) is 11.0. The Morgan fingerprint density at radius 1 is 1.43 bits per heavy atom. The van der Waals surface area contributed by atoms with Crippen molar-refractivity contribution >= 4 is 0 Å². The lowest BCUT2D eigenvalue weighted by molar-refractivity contribution is 0.0397. The molecule has 2 nitrogen and oxygen atoms in total. The Bertz CT molecular complexity index is 290. The van der Waals surface area contributed by atoms with Crippen LogP contribution in [-0.4, -0.2) is 15.8 Å². The molecule has 0 fully saturated rings. The van der Waals surface area contributed by atoms with Gasteiger partial charge < -0.3 is 10.2 Å². The van der Waals surface area contributed by atoms with Gasteiger partial charge in [0, 0.05) is 6.42 Å². The van der Waals surface area contributed by atoms with Gasteiger partial charge in [-0.3, -0.25) is 0 Å². The van der Waals surface area contributed by atoms with Gasteiger partial charge in [0.05, 0.1) is 11.7 Å². The zero-order valence-electron chi connectivity index (χ0n) is 8.22.